The zero-order chi connectivity index (χ0) is 10.9. The minimum atomic E-state index is -1.46. The number of hydrogen-bond acceptors (Lipinski definition) is 1. The van der Waals surface area contributed by atoms with E-state index in [2.05, 4.69) is 49.3 Å². The van der Waals surface area contributed by atoms with Gasteiger partial charge in [-0.25, -0.2) is 0 Å². The maximum atomic E-state index is 2.41. The molecular formula is C12H26GeS. The summed E-state index contributed by atoms with van der Waals surface area (Å²) < 4.78 is 0. The van der Waals surface area contributed by atoms with E-state index in [1.807, 2.05) is 0 Å². The van der Waals surface area contributed by atoms with Crippen molar-refractivity contribution in [1.29, 1.82) is 0 Å². The van der Waals surface area contributed by atoms with E-state index in [1.165, 1.54) is 35.0 Å². The van der Waals surface area contributed by atoms with Gasteiger partial charge in [0.1, 0.15) is 0 Å². The molecule has 0 aliphatic heterocycles. The van der Waals surface area contributed by atoms with Crippen LogP contribution in [0.5, 0.6) is 0 Å². The summed E-state index contributed by atoms with van der Waals surface area (Å²) in [6, 6.07) is 0. The predicted octanol–water partition coefficient (Wildman–Crippen LogP) is 5.43. The van der Waals surface area contributed by atoms with Crippen LogP contribution in [0.3, 0.4) is 0 Å². The normalized spacial score (nSPS) is 12.6. The van der Waals surface area contributed by atoms with Crippen LogP contribution >= 0.6 is 10.1 Å². The molecule has 84 valence electrons. The van der Waals surface area contributed by atoms with Crippen molar-refractivity contribution in [3.05, 3.63) is 11.5 Å². The second-order valence-electron chi connectivity index (χ2n) is 3.88. The van der Waals surface area contributed by atoms with Crippen LogP contribution in [0.25, 0.3) is 0 Å². The Bertz CT molecular complexity index is 142. The van der Waals surface area contributed by atoms with Crippen LogP contribution in [0.15, 0.2) is 11.5 Å². The molecule has 0 aliphatic carbocycles. The standard InChI is InChI=1S/C12H26GeS/c1-5-9-10-11-12-14-13(6-2,7-3)8-4/h11-12H,5-10H2,1-4H3/b12-11+. The molecule has 0 amide bonds. The van der Waals surface area contributed by atoms with Crippen molar-refractivity contribution in [3.8, 4) is 0 Å². The Morgan fingerprint density at radius 3 is 2.00 bits per heavy atom. The molecule has 0 fully saturated rings. The first kappa shape index (κ1) is 14.6. The molecule has 0 spiro atoms. The van der Waals surface area contributed by atoms with E-state index in [-0.39, 0.29) is 0 Å². The maximum absolute atomic E-state index is 2.41. The van der Waals surface area contributed by atoms with Crippen LogP contribution in [-0.2, 0) is 0 Å². The molecule has 0 N–H and O–H groups in total. The summed E-state index contributed by atoms with van der Waals surface area (Å²) in [7, 11) is 2.23. The third-order valence-electron chi connectivity index (χ3n) is 3.07. The Morgan fingerprint density at radius 1 is 1.00 bits per heavy atom. The SMILES string of the molecule is CCCC/C=C/[S][Ge]([CH2]C)([CH2]C)[CH2]C. The van der Waals surface area contributed by atoms with Crippen molar-refractivity contribution >= 4 is 22.2 Å². The van der Waals surface area contributed by atoms with Gasteiger partial charge in [0, 0.05) is 0 Å². The number of rotatable bonds is 8. The molecule has 0 aromatic carbocycles. The molecule has 0 bridgehead atoms. The number of allylic oxidation sites excluding steroid dienone is 1. The van der Waals surface area contributed by atoms with Crippen LogP contribution < -0.4 is 0 Å². The Kier molecular flexibility index (Phi) is 9.30. The fourth-order valence-corrected chi connectivity index (χ4v) is 11.3. The van der Waals surface area contributed by atoms with Crippen molar-refractivity contribution in [2.75, 3.05) is 0 Å². The average Bonchev–Trinajstić information content (AvgIpc) is 2.24. The Morgan fingerprint density at radius 2 is 1.57 bits per heavy atom. The summed E-state index contributed by atoms with van der Waals surface area (Å²) in [5.41, 5.74) is 0. The molecule has 0 unspecified atom stereocenters. The fraction of sp³-hybridized carbons (Fsp3) is 0.833. The first-order valence-electron chi connectivity index (χ1n) is 6.07. The average molecular weight is 275 g/mol. The van der Waals surface area contributed by atoms with E-state index in [1.54, 1.807) is 0 Å². The Balaban J connectivity index is 3.86. The molecule has 0 aromatic rings. The molecular weight excluding hydrogens is 249 g/mol. The van der Waals surface area contributed by atoms with Crippen LogP contribution in [0.4, 0.5) is 0 Å². The van der Waals surface area contributed by atoms with Gasteiger partial charge in [-0.2, -0.15) is 0 Å². The molecule has 0 aliphatic rings. The van der Waals surface area contributed by atoms with E-state index in [0.717, 1.165) is 0 Å². The van der Waals surface area contributed by atoms with Crippen LogP contribution in [-0.4, -0.2) is 12.1 Å². The molecule has 0 radical (unpaired) electrons. The minimum absolute atomic E-state index is 1.28. The summed E-state index contributed by atoms with van der Waals surface area (Å²) in [5.74, 6) is 0. The quantitative estimate of drug-likeness (QED) is 0.420. The van der Waals surface area contributed by atoms with Gasteiger partial charge in [0.2, 0.25) is 0 Å². The number of hydrogen-bond donors (Lipinski definition) is 0. The second-order valence-corrected chi connectivity index (χ2v) is 19.8. The summed E-state index contributed by atoms with van der Waals surface area (Å²) in [6.45, 7) is 9.42. The molecule has 0 saturated carbocycles. The molecule has 0 saturated heterocycles. The van der Waals surface area contributed by atoms with Gasteiger partial charge in [-0.05, 0) is 0 Å². The third kappa shape index (κ3) is 5.50. The van der Waals surface area contributed by atoms with Crippen molar-refractivity contribution in [2.24, 2.45) is 0 Å². The van der Waals surface area contributed by atoms with Gasteiger partial charge in [0.25, 0.3) is 0 Å². The Labute approximate surface area is 96.3 Å². The predicted molar refractivity (Wildman–Crippen MR) is 73.5 cm³/mol. The van der Waals surface area contributed by atoms with Crippen molar-refractivity contribution < 1.29 is 0 Å². The zero-order valence-corrected chi connectivity index (χ0v) is 13.2. The third-order valence-corrected chi connectivity index (χ3v) is 20.5. The molecule has 0 nitrogen and oxygen atoms in total. The first-order chi connectivity index (χ1) is 6.74. The second kappa shape index (κ2) is 8.90. The van der Waals surface area contributed by atoms with E-state index in [9.17, 15) is 0 Å². The monoisotopic (exact) mass is 276 g/mol. The summed E-state index contributed by atoms with van der Waals surface area (Å²) in [6.07, 6.45) is 6.33. The van der Waals surface area contributed by atoms with Gasteiger partial charge in [0.15, 0.2) is 0 Å². The van der Waals surface area contributed by atoms with Crippen molar-refractivity contribution in [2.45, 2.75) is 62.7 Å². The van der Waals surface area contributed by atoms with Gasteiger partial charge in [-0.3, -0.25) is 0 Å². The summed E-state index contributed by atoms with van der Waals surface area (Å²) in [5, 5.41) is 6.81. The fourth-order valence-electron chi connectivity index (χ4n) is 1.58. The molecule has 2 heteroatoms. The van der Waals surface area contributed by atoms with Crippen LogP contribution in [0.1, 0.15) is 47.0 Å². The van der Waals surface area contributed by atoms with Crippen molar-refractivity contribution in [3.63, 3.8) is 0 Å². The van der Waals surface area contributed by atoms with Gasteiger partial charge >= 0.3 is 96.4 Å². The van der Waals surface area contributed by atoms with Crippen LogP contribution in [0, 0.1) is 0 Å². The van der Waals surface area contributed by atoms with Crippen molar-refractivity contribution in [1.82, 2.24) is 0 Å². The van der Waals surface area contributed by atoms with Gasteiger partial charge < -0.3 is 0 Å². The summed E-state index contributed by atoms with van der Waals surface area (Å²) in [4.78, 5) is 0. The molecule has 0 heterocycles. The van der Waals surface area contributed by atoms with E-state index >= 15 is 0 Å². The van der Waals surface area contributed by atoms with Gasteiger partial charge in [-0.1, -0.05) is 0 Å². The summed E-state index contributed by atoms with van der Waals surface area (Å²) >= 11 is -1.46. The zero-order valence-electron chi connectivity index (χ0n) is 10.3. The van der Waals surface area contributed by atoms with Crippen LogP contribution in [0.2, 0.25) is 15.8 Å². The Hall–Kier alpha value is 0.633. The topological polar surface area (TPSA) is 0 Å². The van der Waals surface area contributed by atoms with Gasteiger partial charge in [0.05, 0.1) is 0 Å². The van der Waals surface area contributed by atoms with E-state index < -0.39 is 12.1 Å². The molecule has 0 rings (SSSR count). The first-order valence-corrected chi connectivity index (χ1v) is 14.0. The molecule has 0 aromatic heterocycles. The van der Waals surface area contributed by atoms with Gasteiger partial charge in [-0.15, -0.1) is 0 Å². The molecule has 0 atom stereocenters. The van der Waals surface area contributed by atoms with E-state index in [4.69, 9.17) is 0 Å². The molecule has 14 heavy (non-hydrogen) atoms. The van der Waals surface area contributed by atoms with E-state index in [0.29, 0.717) is 0 Å². The number of unbranched alkanes of at least 4 members (excludes halogenated alkanes) is 2.